The monoisotopic (exact) mass is 319 g/mol. The second-order valence-electron chi connectivity index (χ2n) is 5.88. The van der Waals surface area contributed by atoms with Crippen molar-refractivity contribution in [3.8, 4) is 0 Å². The first-order valence-electron chi connectivity index (χ1n) is 7.40. The Morgan fingerprint density at radius 2 is 1.67 bits per heavy atom. The summed E-state index contributed by atoms with van der Waals surface area (Å²) in [6.45, 7) is 0. The summed E-state index contributed by atoms with van der Waals surface area (Å²) in [5, 5.41) is 0. The zero-order chi connectivity index (χ0) is 17.0. The van der Waals surface area contributed by atoms with Gasteiger partial charge in [0.05, 0.1) is 16.8 Å². The van der Waals surface area contributed by atoms with E-state index in [0.717, 1.165) is 10.5 Å². The Labute approximate surface area is 138 Å². The molecule has 4 rings (SSSR count). The number of allylic oxidation sites excluding steroid dienone is 3. The summed E-state index contributed by atoms with van der Waals surface area (Å²) in [4.78, 5) is 44.0. The summed E-state index contributed by atoms with van der Waals surface area (Å²) in [6.07, 6.45) is 4.95. The van der Waals surface area contributed by atoms with Crippen molar-refractivity contribution in [3.63, 3.8) is 0 Å². The predicted molar refractivity (Wildman–Crippen MR) is 87.3 cm³/mol. The highest BCUT2D eigenvalue weighted by atomic mass is 16.2. The van der Waals surface area contributed by atoms with E-state index >= 15 is 0 Å². The van der Waals surface area contributed by atoms with Gasteiger partial charge < -0.3 is 4.90 Å². The smallest absolute Gasteiger partial charge is 0.272 e. The number of amides is 3. The number of aliphatic imine (C=N–C) groups is 1. The maximum atomic E-state index is 12.5. The fourth-order valence-electron chi connectivity index (χ4n) is 2.96. The zero-order valence-electron chi connectivity index (χ0n) is 13.1. The van der Waals surface area contributed by atoms with Crippen LogP contribution in [0.4, 0.5) is 0 Å². The van der Waals surface area contributed by atoms with Gasteiger partial charge in [-0.15, -0.1) is 0 Å². The first kappa shape index (κ1) is 14.3. The second kappa shape index (κ2) is 4.86. The lowest BCUT2D eigenvalue weighted by molar-refractivity contribution is -0.121. The molecule has 0 spiro atoms. The molecule has 1 aliphatic carbocycles. The minimum Gasteiger partial charge on any atom is -0.343 e. The van der Waals surface area contributed by atoms with Crippen LogP contribution in [0, 0.1) is 0 Å². The van der Waals surface area contributed by atoms with Crippen molar-refractivity contribution in [3.05, 3.63) is 70.6 Å². The molecule has 0 N–H and O–H groups in total. The SMILES string of the molecule is CN(C)C(=O)C1=NC=C2C=C(N3C(=O)c4ccccc4C3=O)C=C21. The Kier molecular flexibility index (Phi) is 2.90. The van der Waals surface area contributed by atoms with E-state index < -0.39 is 0 Å². The van der Waals surface area contributed by atoms with E-state index in [-0.39, 0.29) is 17.7 Å². The molecular formula is C18H13N3O3. The third-order valence-electron chi connectivity index (χ3n) is 4.16. The van der Waals surface area contributed by atoms with Crippen LogP contribution in [0.15, 0.2) is 64.5 Å². The van der Waals surface area contributed by atoms with Gasteiger partial charge in [-0.3, -0.25) is 14.4 Å². The average molecular weight is 319 g/mol. The third-order valence-corrected chi connectivity index (χ3v) is 4.16. The normalized spacial score (nSPS) is 18.0. The largest absolute Gasteiger partial charge is 0.343 e. The number of imide groups is 1. The number of carbonyl (C=O) groups excluding carboxylic acids is 3. The number of fused-ring (bicyclic) bond motifs is 2. The van der Waals surface area contributed by atoms with E-state index in [2.05, 4.69) is 4.99 Å². The van der Waals surface area contributed by atoms with Gasteiger partial charge >= 0.3 is 0 Å². The van der Waals surface area contributed by atoms with Gasteiger partial charge in [0.15, 0.2) is 0 Å². The summed E-state index contributed by atoms with van der Waals surface area (Å²) < 4.78 is 0. The number of rotatable bonds is 2. The van der Waals surface area contributed by atoms with Gasteiger partial charge in [-0.2, -0.15) is 0 Å². The molecule has 1 aromatic rings. The fraction of sp³-hybridized carbons (Fsp3) is 0.111. The summed E-state index contributed by atoms with van der Waals surface area (Å²) in [7, 11) is 3.30. The number of carbonyl (C=O) groups is 3. The number of hydrogen-bond donors (Lipinski definition) is 0. The molecule has 2 aliphatic heterocycles. The molecule has 6 heteroatoms. The summed E-state index contributed by atoms with van der Waals surface area (Å²) in [5.41, 5.74) is 2.93. The predicted octanol–water partition coefficient (Wildman–Crippen LogP) is 1.53. The van der Waals surface area contributed by atoms with Crippen LogP contribution in [0.2, 0.25) is 0 Å². The van der Waals surface area contributed by atoms with Crippen molar-refractivity contribution >= 4 is 23.4 Å². The summed E-state index contributed by atoms with van der Waals surface area (Å²) in [6, 6.07) is 6.74. The molecule has 118 valence electrons. The van der Waals surface area contributed by atoms with E-state index in [1.807, 2.05) is 0 Å². The van der Waals surface area contributed by atoms with Crippen molar-refractivity contribution < 1.29 is 14.4 Å². The highest BCUT2D eigenvalue weighted by Crippen LogP contribution is 2.35. The molecule has 0 radical (unpaired) electrons. The Morgan fingerprint density at radius 1 is 1.04 bits per heavy atom. The number of nitrogens with zero attached hydrogens (tertiary/aromatic N) is 3. The van der Waals surface area contributed by atoms with Crippen LogP contribution < -0.4 is 0 Å². The molecule has 6 nitrogen and oxygen atoms in total. The van der Waals surface area contributed by atoms with Crippen molar-refractivity contribution in [1.82, 2.24) is 9.80 Å². The van der Waals surface area contributed by atoms with Gasteiger partial charge in [0.1, 0.15) is 5.71 Å². The molecule has 0 unspecified atom stereocenters. The van der Waals surface area contributed by atoms with Gasteiger partial charge in [-0.25, -0.2) is 9.89 Å². The molecule has 0 saturated heterocycles. The molecular weight excluding hydrogens is 306 g/mol. The lowest BCUT2D eigenvalue weighted by Gasteiger charge is -2.13. The quantitative estimate of drug-likeness (QED) is 0.776. The van der Waals surface area contributed by atoms with Crippen LogP contribution in [0.25, 0.3) is 0 Å². The Morgan fingerprint density at radius 3 is 2.25 bits per heavy atom. The minimum absolute atomic E-state index is 0.218. The van der Waals surface area contributed by atoms with Crippen molar-refractivity contribution in [1.29, 1.82) is 0 Å². The highest BCUT2D eigenvalue weighted by molar-refractivity contribution is 6.47. The molecule has 24 heavy (non-hydrogen) atoms. The molecule has 3 amide bonds. The van der Waals surface area contributed by atoms with Crippen molar-refractivity contribution in [2.75, 3.05) is 14.1 Å². The average Bonchev–Trinajstić information content (AvgIpc) is 3.20. The van der Waals surface area contributed by atoms with Gasteiger partial charge in [-0.05, 0) is 24.3 Å². The van der Waals surface area contributed by atoms with Gasteiger partial charge in [0, 0.05) is 31.4 Å². The van der Waals surface area contributed by atoms with Crippen LogP contribution in [-0.4, -0.2) is 47.3 Å². The molecule has 0 saturated carbocycles. The number of hydrogen-bond acceptors (Lipinski definition) is 4. The standard InChI is InChI=1S/C18H13N3O3/c1-20(2)18(24)15-14-8-11(7-10(14)9-19-15)21-16(22)12-5-3-4-6-13(12)17(21)23/h3-9H,1-2H3. The molecule has 3 aliphatic rings. The van der Waals surface area contributed by atoms with Gasteiger partial charge in [-0.1, -0.05) is 12.1 Å². The Balaban J connectivity index is 1.70. The fourth-order valence-corrected chi connectivity index (χ4v) is 2.96. The first-order chi connectivity index (χ1) is 11.5. The van der Waals surface area contributed by atoms with E-state index in [1.165, 1.54) is 4.90 Å². The topological polar surface area (TPSA) is 70.1 Å². The van der Waals surface area contributed by atoms with E-state index in [1.54, 1.807) is 56.7 Å². The van der Waals surface area contributed by atoms with Crippen molar-refractivity contribution in [2.45, 2.75) is 0 Å². The van der Waals surface area contributed by atoms with Gasteiger partial charge in [0.25, 0.3) is 17.7 Å². The van der Waals surface area contributed by atoms with E-state index in [0.29, 0.717) is 28.1 Å². The minimum atomic E-state index is -0.350. The van der Waals surface area contributed by atoms with E-state index in [4.69, 9.17) is 0 Å². The van der Waals surface area contributed by atoms with Crippen LogP contribution in [0.3, 0.4) is 0 Å². The Bertz CT molecular complexity index is 913. The van der Waals surface area contributed by atoms with Gasteiger partial charge in [0.2, 0.25) is 0 Å². The van der Waals surface area contributed by atoms with Crippen molar-refractivity contribution in [2.24, 2.45) is 4.99 Å². The molecule has 2 heterocycles. The zero-order valence-corrected chi connectivity index (χ0v) is 13.1. The summed E-state index contributed by atoms with van der Waals surface area (Å²) >= 11 is 0. The second-order valence-corrected chi connectivity index (χ2v) is 5.88. The molecule has 1 aromatic carbocycles. The van der Waals surface area contributed by atoms with Crippen LogP contribution in [0.5, 0.6) is 0 Å². The molecule has 0 fully saturated rings. The lowest BCUT2D eigenvalue weighted by atomic mass is 10.1. The van der Waals surface area contributed by atoms with Crippen LogP contribution in [0.1, 0.15) is 20.7 Å². The van der Waals surface area contributed by atoms with Crippen LogP contribution >= 0.6 is 0 Å². The third kappa shape index (κ3) is 1.83. The lowest BCUT2D eigenvalue weighted by Crippen LogP contribution is -2.30. The molecule has 0 bridgehead atoms. The maximum absolute atomic E-state index is 12.5. The Hall–Kier alpha value is -3.28. The van der Waals surface area contributed by atoms with Crippen LogP contribution in [-0.2, 0) is 4.79 Å². The highest BCUT2D eigenvalue weighted by Gasteiger charge is 2.39. The summed E-state index contributed by atoms with van der Waals surface area (Å²) in [5.74, 6) is -0.919. The van der Waals surface area contributed by atoms with E-state index in [9.17, 15) is 14.4 Å². The number of benzene rings is 1. The molecule has 0 atom stereocenters. The maximum Gasteiger partial charge on any atom is 0.272 e. The molecule has 0 aromatic heterocycles. The first-order valence-corrected chi connectivity index (χ1v) is 7.40.